The maximum absolute atomic E-state index is 12.2. The van der Waals surface area contributed by atoms with Crippen molar-refractivity contribution in [2.75, 3.05) is 12.4 Å². The van der Waals surface area contributed by atoms with Gasteiger partial charge in [0.15, 0.2) is 0 Å². The summed E-state index contributed by atoms with van der Waals surface area (Å²) in [5, 5.41) is 9.20. The van der Waals surface area contributed by atoms with Crippen LogP contribution in [0.5, 0.6) is 5.75 Å². The zero-order chi connectivity index (χ0) is 20.1. The van der Waals surface area contributed by atoms with E-state index in [1.54, 1.807) is 7.11 Å². The van der Waals surface area contributed by atoms with E-state index < -0.39 is 0 Å². The van der Waals surface area contributed by atoms with Crippen molar-refractivity contribution in [3.63, 3.8) is 0 Å². The summed E-state index contributed by atoms with van der Waals surface area (Å²) in [5.41, 5.74) is 1.66. The van der Waals surface area contributed by atoms with Crippen LogP contribution in [0.1, 0.15) is 18.7 Å². The molecule has 4 rings (SSSR count). The summed E-state index contributed by atoms with van der Waals surface area (Å²) in [4.78, 5) is 16.6. The van der Waals surface area contributed by atoms with Crippen LogP contribution >= 0.6 is 0 Å². The van der Waals surface area contributed by atoms with E-state index in [1.165, 1.54) is 0 Å². The predicted octanol–water partition coefficient (Wildman–Crippen LogP) is 4.86. The molecule has 0 atom stereocenters. The van der Waals surface area contributed by atoms with E-state index >= 15 is 0 Å². The highest BCUT2D eigenvalue weighted by molar-refractivity contribution is 5.94. The van der Waals surface area contributed by atoms with Gasteiger partial charge in [-0.1, -0.05) is 35.5 Å². The maximum atomic E-state index is 12.2. The molecule has 1 heterocycles. The molecule has 0 aliphatic carbocycles. The van der Waals surface area contributed by atoms with Crippen molar-refractivity contribution in [2.24, 2.45) is 0 Å². The summed E-state index contributed by atoms with van der Waals surface area (Å²) in [6.07, 6.45) is 1.56. The normalized spacial score (nSPS) is 10.8. The fourth-order valence-corrected chi connectivity index (χ4v) is 3.10. The average molecular weight is 387 g/mol. The highest BCUT2D eigenvalue weighted by atomic mass is 16.5. The van der Waals surface area contributed by atoms with Gasteiger partial charge in [0.2, 0.25) is 17.6 Å². The molecule has 1 N–H and O–H groups in total. The predicted molar refractivity (Wildman–Crippen MR) is 112 cm³/mol. The lowest BCUT2D eigenvalue weighted by Gasteiger charge is -2.06. The third-order valence-corrected chi connectivity index (χ3v) is 4.64. The fourth-order valence-electron chi connectivity index (χ4n) is 3.10. The van der Waals surface area contributed by atoms with Crippen LogP contribution in [0.4, 0.5) is 5.69 Å². The SMILES string of the molecule is COc1ccc(-c2noc(CCCC(=O)Nc3ccc4ccccc4c3)n2)cc1. The zero-order valence-electron chi connectivity index (χ0n) is 16.1. The van der Waals surface area contributed by atoms with E-state index in [-0.39, 0.29) is 5.91 Å². The standard InChI is InChI=1S/C23H21N3O3/c1-28-20-13-10-17(11-14-20)23-25-22(29-26-23)8-4-7-21(27)24-19-12-9-16-5-2-3-6-18(16)15-19/h2-3,5-6,9-15H,4,7-8H2,1H3,(H,24,27). The number of rotatable bonds is 7. The molecule has 0 radical (unpaired) electrons. The largest absolute Gasteiger partial charge is 0.497 e. The molecule has 29 heavy (non-hydrogen) atoms. The Morgan fingerprint density at radius 2 is 1.83 bits per heavy atom. The molecule has 0 spiro atoms. The van der Waals surface area contributed by atoms with Gasteiger partial charge in [0.1, 0.15) is 5.75 Å². The molecular formula is C23H21N3O3. The number of ether oxygens (including phenoxy) is 1. The van der Waals surface area contributed by atoms with Gasteiger partial charge in [-0.15, -0.1) is 0 Å². The highest BCUT2D eigenvalue weighted by Crippen LogP contribution is 2.21. The summed E-state index contributed by atoms with van der Waals surface area (Å²) in [5.74, 6) is 1.79. The van der Waals surface area contributed by atoms with Crippen molar-refractivity contribution < 1.29 is 14.1 Å². The lowest BCUT2D eigenvalue weighted by Crippen LogP contribution is -2.11. The Morgan fingerprint density at radius 3 is 2.62 bits per heavy atom. The first-order chi connectivity index (χ1) is 14.2. The van der Waals surface area contributed by atoms with Crippen LogP contribution in [0, 0.1) is 0 Å². The second kappa shape index (κ2) is 8.56. The number of methoxy groups -OCH3 is 1. The summed E-state index contributed by atoms with van der Waals surface area (Å²) in [6, 6.07) is 21.4. The maximum Gasteiger partial charge on any atom is 0.226 e. The summed E-state index contributed by atoms with van der Waals surface area (Å²) in [6.45, 7) is 0. The van der Waals surface area contributed by atoms with Gasteiger partial charge in [0, 0.05) is 24.1 Å². The van der Waals surface area contributed by atoms with Crippen LogP contribution < -0.4 is 10.1 Å². The van der Waals surface area contributed by atoms with Crippen molar-refractivity contribution in [3.05, 3.63) is 72.6 Å². The van der Waals surface area contributed by atoms with Gasteiger partial charge < -0.3 is 14.6 Å². The fraction of sp³-hybridized carbons (Fsp3) is 0.174. The Bertz CT molecular complexity index is 1120. The molecule has 0 saturated heterocycles. The molecule has 0 bridgehead atoms. The minimum Gasteiger partial charge on any atom is -0.497 e. The highest BCUT2D eigenvalue weighted by Gasteiger charge is 2.10. The van der Waals surface area contributed by atoms with Crippen LogP contribution in [-0.2, 0) is 11.2 Å². The number of anilines is 1. The van der Waals surface area contributed by atoms with Crippen LogP contribution in [0.3, 0.4) is 0 Å². The van der Waals surface area contributed by atoms with E-state index in [9.17, 15) is 4.79 Å². The third kappa shape index (κ3) is 4.60. The first-order valence-corrected chi connectivity index (χ1v) is 9.47. The number of amides is 1. The van der Waals surface area contributed by atoms with Gasteiger partial charge >= 0.3 is 0 Å². The number of nitrogens with zero attached hydrogens (tertiary/aromatic N) is 2. The smallest absolute Gasteiger partial charge is 0.226 e. The van der Waals surface area contributed by atoms with E-state index in [4.69, 9.17) is 9.26 Å². The van der Waals surface area contributed by atoms with Gasteiger partial charge in [0.25, 0.3) is 0 Å². The third-order valence-electron chi connectivity index (χ3n) is 4.64. The van der Waals surface area contributed by atoms with Crippen molar-refractivity contribution in [1.29, 1.82) is 0 Å². The quantitative estimate of drug-likeness (QED) is 0.490. The Labute approximate surface area is 168 Å². The first-order valence-electron chi connectivity index (χ1n) is 9.47. The zero-order valence-corrected chi connectivity index (χ0v) is 16.1. The number of carbonyl (C=O) groups excluding carboxylic acids is 1. The molecule has 1 aromatic heterocycles. The number of aryl methyl sites for hydroxylation is 1. The molecule has 3 aromatic carbocycles. The Balaban J connectivity index is 1.29. The summed E-state index contributed by atoms with van der Waals surface area (Å²) >= 11 is 0. The Kier molecular flexibility index (Phi) is 5.52. The summed E-state index contributed by atoms with van der Waals surface area (Å²) in [7, 11) is 1.62. The number of nitrogens with one attached hydrogen (secondary N) is 1. The van der Waals surface area contributed by atoms with Gasteiger partial charge in [-0.05, 0) is 53.6 Å². The Hall–Kier alpha value is -3.67. The van der Waals surface area contributed by atoms with Crippen LogP contribution in [0.2, 0.25) is 0 Å². The topological polar surface area (TPSA) is 77.2 Å². The summed E-state index contributed by atoms with van der Waals surface area (Å²) < 4.78 is 10.4. The lowest BCUT2D eigenvalue weighted by atomic mass is 10.1. The number of benzene rings is 3. The molecule has 6 nitrogen and oxygen atoms in total. The van der Waals surface area contributed by atoms with Crippen molar-refractivity contribution >= 4 is 22.4 Å². The van der Waals surface area contributed by atoms with E-state index in [2.05, 4.69) is 15.5 Å². The number of hydrogen-bond acceptors (Lipinski definition) is 5. The van der Waals surface area contributed by atoms with Gasteiger partial charge in [0.05, 0.1) is 7.11 Å². The average Bonchev–Trinajstić information content (AvgIpc) is 3.22. The minimum absolute atomic E-state index is 0.0322. The second-order valence-electron chi connectivity index (χ2n) is 6.70. The first kappa shape index (κ1) is 18.7. The molecular weight excluding hydrogens is 366 g/mol. The molecule has 0 aliphatic heterocycles. The van der Waals surface area contributed by atoms with E-state index in [0.29, 0.717) is 31.0 Å². The van der Waals surface area contributed by atoms with Crippen molar-refractivity contribution in [2.45, 2.75) is 19.3 Å². The minimum atomic E-state index is -0.0322. The lowest BCUT2D eigenvalue weighted by molar-refractivity contribution is -0.116. The monoisotopic (exact) mass is 387 g/mol. The molecule has 6 heteroatoms. The van der Waals surface area contributed by atoms with Crippen molar-refractivity contribution in [1.82, 2.24) is 10.1 Å². The Morgan fingerprint density at radius 1 is 1.03 bits per heavy atom. The van der Waals surface area contributed by atoms with Gasteiger partial charge in [-0.3, -0.25) is 4.79 Å². The molecule has 0 saturated carbocycles. The number of aromatic nitrogens is 2. The van der Waals surface area contributed by atoms with E-state index in [0.717, 1.165) is 27.8 Å². The molecule has 0 fully saturated rings. The molecule has 1 amide bonds. The number of carbonyl (C=O) groups is 1. The number of hydrogen-bond donors (Lipinski definition) is 1. The van der Waals surface area contributed by atoms with E-state index in [1.807, 2.05) is 66.7 Å². The van der Waals surface area contributed by atoms with Gasteiger partial charge in [-0.2, -0.15) is 4.98 Å². The van der Waals surface area contributed by atoms with Crippen LogP contribution in [-0.4, -0.2) is 23.2 Å². The van der Waals surface area contributed by atoms with Crippen molar-refractivity contribution in [3.8, 4) is 17.1 Å². The van der Waals surface area contributed by atoms with Gasteiger partial charge in [-0.25, -0.2) is 0 Å². The molecule has 4 aromatic rings. The molecule has 0 aliphatic rings. The molecule has 0 unspecified atom stereocenters. The number of fused-ring (bicyclic) bond motifs is 1. The van der Waals surface area contributed by atoms with Crippen LogP contribution in [0.25, 0.3) is 22.2 Å². The molecule has 146 valence electrons. The van der Waals surface area contributed by atoms with Crippen LogP contribution in [0.15, 0.2) is 71.3 Å². The second-order valence-corrected chi connectivity index (χ2v) is 6.70.